The minimum atomic E-state index is 0. The largest absolute Gasteiger partial charge is 0.356 e. The summed E-state index contributed by atoms with van der Waals surface area (Å²) in [5, 5.41) is 10.8. The van der Waals surface area contributed by atoms with Crippen LogP contribution in [-0.2, 0) is 13.6 Å². The molecule has 118 valence electrons. The summed E-state index contributed by atoms with van der Waals surface area (Å²) in [6, 6.07) is 0. The smallest absolute Gasteiger partial charge is 0.191 e. The zero-order chi connectivity index (χ0) is 14.2. The molecular weight excluding hydrogens is 377 g/mol. The topological polar surface area (TPSA) is 54.2 Å². The zero-order valence-electron chi connectivity index (χ0n) is 12.9. The van der Waals surface area contributed by atoms with Crippen LogP contribution < -0.4 is 10.6 Å². The minimum Gasteiger partial charge on any atom is -0.356 e. The fourth-order valence-electron chi connectivity index (χ4n) is 2.44. The molecule has 2 N–H and O–H groups in total. The third-order valence-corrected chi connectivity index (χ3v) is 3.57. The van der Waals surface area contributed by atoms with Gasteiger partial charge in [0.2, 0.25) is 0 Å². The lowest BCUT2D eigenvalue weighted by molar-refractivity contribution is 0.665. The number of nitrogens with one attached hydrogen (secondary N) is 2. The number of nitrogens with zero attached hydrogens (tertiary/aromatic N) is 3. The van der Waals surface area contributed by atoms with Crippen LogP contribution in [0.2, 0.25) is 0 Å². The SMILES string of the molecule is CN=C(NCCC1=CCCCC1)NCc1cnn(C)c1.I. The fourth-order valence-corrected chi connectivity index (χ4v) is 2.44. The highest BCUT2D eigenvalue weighted by Gasteiger charge is 2.04. The molecule has 0 aliphatic heterocycles. The van der Waals surface area contributed by atoms with Crippen molar-refractivity contribution in [2.75, 3.05) is 13.6 Å². The predicted molar refractivity (Wildman–Crippen MR) is 98.0 cm³/mol. The Hall–Kier alpha value is -1.05. The van der Waals surface area contributed by atoms with Gasteiger partial charge in [0.05, 0.1) is 6.20 Å². The van der Waals surface area contributed by atoms with Crippen LogP contribution in [0.4, 0.5) is 0 Å². The van der Waals surface area contributed by atoms with E-state index >= 15 is 0 Å². The van der Waals surface area contributed by atoms with Gasteiger partial charge in [-0.1, -0.05) is 11.6 Å². The van der Waals surface area contributed by atoms with Crippen LogP contribution in [0.25, 0.3) is 0 Å². The summed E-state index contributed by atoms with van der Waals surface area (Å²) >= 11 is 0. The summed E-state index contributed by atoms with van der Waals surface area (Å²) in [6.07, 6.45) is 12.6. The molecule has 21 heavy (non-hydrogen) atoms. The number of hydrogen-bond donors (Lipinski definition) is 2. The van der Waals surface area contributed by atoms with Crippen molar-refractivity contribution in [2.45, 2.75) is 38.6 Å². The van der Waals surface area contributed by atoms with Gasteiger partial charge in [0, 0.05) is 38.9 Å². The summed E-state index contributed by atoms with van der Waals surface area (Å²) in [7, 11) is 3.73. The van der Waals surface area contributed by atoms with E-state index < -0.39 is 0 Å². The number of aryl methyl sites for hydroxylation is 1. The van der Waals surface area contributed by atoms with Crippen LogP contribution in [-0.4, -0.2) is 29.3 Å². The molecule has 1 aromatic rings. The van der Waals surface area contributed by atoms with Crippen molar-refractivity contribution in [1.29, 1.82) is 0 Å². The van der Waals surface area contributed by atoms with Gasteiger partial charge in [-0.25, -0.2) is 0 Å². The Kier molecular flexibility index (Phi) is 8.41. The van der Waals surface area contributed by atoms with Crippen LogP contribution in [0, 0.1) is 0 Å². The molecule has 0 fully saturated rings. The Morgan fingerprint density at radius 1 is 1.38 bits per heavy atom. The van der Waals surface area contributed by atoms with Gasteiger partial charge in [0.1, 0.15) is 0 Å². The van der Waals surface area contributed by atoms with Crippen molar-refractivity contribution >= 4 is 29.9 Å². The Morgan fingerprint density at radius 3 is 2.86 bits per heavy atom. The van der Waals surface area contributed by atoms with Crippen molar-refractivity contribution in [3.63, 3.8) is 0 Å². The van der Waals surface area contributed by atoms with Gasteiger partial charge in [-0.3, -0.25) is 9.67 Å². The lowest BCUT2D eigenvalue weighted by atomic mass is 9.97. The Labute approximate surface area is 144 Å². The summed E-state index contributed by atoms with van der Waals surface area (Å²) in [5.74, 6) is 0.852. The number of rotatable bonds is 5. The Bertz CT molecular complexity index is 478. The number of aliphatic imine (C=N–C) groups is 1. The number of halogens is 1. The van der Waals surface area contributed by atoms with Crippen molar-refractivity contribution in [3.05, 3.63) is 29.6 Å². The van der Waals surface area contributed by atoms with E-state index in [2.05, 4.69) is 26.8 Å². The summed E-state index contributed by atoms with van der Waals surface area (Å²) < 4.78 is 1.81. The quantitative estimate of drug-likeness (QED) is 0.344. The maximum atomic E-state index is 4.24. The molecule has 0 aromatic carbocycles. The van der Waals surface area contributed by atoms with E-state index in [1.54, 1.807) is 12.6 Å². The van der Waals surface area contributed by atoms with Gasteiger partial charge in [-0.05, 0) is 32.1 Å². The first-order valence-electron chi connectivity index (χ1n) is 7.38. The molecule has 6 heteroatoms. The van der Waals surface area contributed by atoms with Crippen molar-refractivity contribution in [1.82, 2.24) is 20.4 Å². The molecule has 2 rings (SSSR count). The first kappa shape index (κ1) is 18.0. The van der Waals surface area contributed by atoms with Gasteiger partial charge in [0.15, 0.2) is 5.96 Å². The third-order valence-electron chi connectivity index (χ3n) is 3.57. The van der Waals surface area contributed by atoms with Crippen LogP contribution in [0.1, 0.15) is 37.7 Å². The molecular formula is C15H26IN5. The van der Waals surface area contributed by atoms with E-state index in [0.29, 0.717) is 0 Å². The summed E-state index contributed by atoms with van der Waals surface area (Å²) in [4.78, 5) is 4.24. The molecule has 0 spiro atoms. The molecule has 0 unspecified atom stereocenters. The van der Waals surface area contributed by atoms with E-state index in [1.165, 1.54) is 25.7 Å². The van der Waals surface area contributed by atoms with Gasteiger partial charge in [-0.15, -0.1) is 24.0 Å². The van der Waals surface area contributed by atoms with Crippen molar-refractivity contribution < 1.29 is 0 Å². The maximum absolute atomic E-state index is 4.24. The van der Waals surface area contributed by atoms with Crippen LogP contribution in [0.5, 0.6) is 0 Å². The summed E-state index contributed by atoms with van der Waals surface area (Å²) in [5.41, 5.74) is 2.75. The van der Waals surface area contributed by atoms with Gasteiger partial charge >= 0.3 is 0 Å². The monoisotopic (exact) mass is 403 g/mol. The molecule has 0 saturated heterocycles. The normalized spacial score (nSPS) is 15.1. The van der Waals surface area contributed by atoms with E-state index in [4.69, 9.17) is 0 Å². The lowest BCUT2D eigenvalue weighted by Crippen LogP contribution is -2.37. The first-order chi connectivity index (χ1) is 9.78. The highest BCUT2D eigenvalue weighted by atomic mass is 127. The van der Waals surface area contributed by atoms with Crippen LogP contribution >= 0.6 is 24.0 Å². The van der Waals surface area contributed by atoms with E-state index in [9.17, 15) is 0 Å². The molecule has 5 nitrogen and oxygen atoms in total. The molecule has 0 saturated carbocycles. The highest BCUT2D eigenvalue weighted by molar-refractivity contribution is 14.0. The number of guanidine groups is 1. The van der Waals surface area contributed by atoms with Gasteiger partial charge in [0.25, 0.3) is 0 Å². The van der Waals surface area contributed by atoms with Crippen molar-refractivity contribution in [3.8, 4) is 0 Å². The van der Waals surface area contributed by atoms with E-state index in [0.717, 1.165) is 31.0 Å². The molecule has 1 aromatic heterocycles. The van der Waals surface area contributed by atoms with Crippen LogP contribution in [0.3, 0.4) is 0 Å². The van der Waals surface area contributed by atoms with Crippen LogP contribution in [0.15, 0.2) is 29.0 Å². The molecule has 0 radical (unpaired) electrons. The number of hydrogen-bond acceptors (Lipinski definition) is 2. The number of allylic oxidation sites excluding steroid dienone is 1. The Balaban J connectivity index is 0.00000220. The molecule has 1 aliphatic carbocycles. The minimum absolute atomic E-state index is 0. The Morgan fingerprint density at radius 2 is 2.24 bits per heavy atom. The van der Waals surface area contributed by atoms with Gasteiger partial charge < -0.3 is 10.6 Å². The maximum Gasteiger partial charge on any atom is 0.191 e. The van der Waals surface area contributed by atoms with E-state index in [1.807, 2.05) is 24.1 Å². The average molecular weight is 403 g/mol. The predicted octanol–water partition coefficient (Wildman–Crippen LogP) is 2.59. The summed E-state index contributed by atoms with van der Waals surface area (Å²) in [6.45, 7) is 1.69. The van der Waals surface area contributed by atoms with E-state index in [-0.39, 0.29) is 24.0 Å². The first-order valence-corrected chi connectivity index (χ1v) is 7.38. The lowest BCUT2D eigenvalue weighted by Gasteiger charge is -2.15. The highest BCUT2D eigenvalue weighted by Crippen LogP contribution is 2.19. The average Bonchev–Trinajstić information content (AvgIpc) is 2.89. The molecule has 0 atom stereocenters. The zero-order valence-corrected chi connectivity index (χ0v) is 15.3. The second kappa shape index (κ2) is 9.81. The third kappa shape index (κ3) is 6.50. The number of aromatic nitrogens is 2. The molecule has 0 amide bonds. The second-order valence-corrected chi connectivity index (χ2v) is 5.23. The van der Waals surface area contributed by atoms with Gasteiger partial charge in [-0.2, -0.15) is 5.10 Å². The standard InChI is InChI=1S/C15H25N5.HI/c1-16-15(18-10-14-11-19-20(2)12-14)17-9-8-13-6-4-3-5-7-13;/h6,11-12H,3-5,7-10H2,1-2H3,(H2,16,17,18);1H. The molecule has 0 bridgehead atoms. The molecule has 1 heterocycles. The fraction of sp³-hybridized carbons (Fsp3) is 0.600. The van der Waals surface area contributed by atoms with Crippen molar-refractivity contribution in [2.24, 2.45) is 12.0 Å². The second-order valence-electron chi connectivity index (χ2n) is 5.23. The molecule has 1 aliphatic rings.